The molecule has 0 radical (unpaired) electrons. The van der Waals surface area contributed by atoms with Gasteiger partial charge in [0.15, 0.2) is 11.6 Å². The van der Waals surface area contributed by atoms with E-state index in [9.17, 15) is 19.2 Å². The van der Waals surface area contributed by atoms with E-state index in [-0.39, 0.29) is 35.6 Å². The molecule has 0 aromatic heterocycles. The third-order valence-electron chi connectivity index (χ3n) is 5.89. The number of benzene rings is 1. The standard InChI is InChI=1S/C18H12N2O5/c21-15-7-3-1-2-4-8(7)16(22)14-13(15)19(14)20-17(23)11-9-5-6-10(25-9)12(11)18(20)24/h1-6,9-14H/t9-,10+,11-,12+,13?,14?,19?. The normalized spacial score (nSPS) is 42.7. The van der Waals surface area contributed by atoms with Crippen LogP contribution < -0.4 is 0 Å². The molecule has 4 heterocycles. The second kappa shape index (κ2) is 4.12. The van der Waals surface area contributed by atoms with Crippen molar-refractivity contribution >= 4 is 23.4 Å². The van der Waals surface area contributed by atoms with Crippen LogP contribution >= 0.6 is 0 Å². The molecule has 1 aromatic rings. The summed E-state index contributed by atoms with van der Waals surface area (Å²) < 4.78 is 5.61. The van der Waals surface area contributed by atoms with E-state index in [4.69, 9.17) is 4.74 Å². The van der Waals surface area contributed by atoms with Crippen molar-refractivity contribution in [2.75, 3.05) is 0 Å². The number of Topliss-reactive ketones (excluding diaryl/α,β-unsaturated/α-hetero) is 2. The van der Waals surface area contributed by atoms with E-state index < -0.39 is 23.9 Å². The third-order valence-corrected chi connectivity index (χ3v) is 5.89. The SMILES string of the molecule is O=C1c2ccccc2C(=O)C2C1N2N1C(=O)[C@@H]2[C@H](C1=O)[C@H]1C=C[C@@H]2O1. The summed E-state index contributed by atoms with van der Waals surface area (Å²) in [5.41, 5.74) is 0.723. The van der Waals surface area contributed by atoms with Crippen LogP contribution in [0.4, 0.5) is 0 Å². The smallest absolute Gasteiger partial charge is 0.251 e. The van der Waals surface area contributed by atoms with Crippen molar-refractivity contribution in [3.05, 3.63) is 47.5 Å². The van der Waals surface area contributed by atoms with Crippen molar-refractivity contribution in [2.45, 2.75) is 24.3 Å². The maximum absolute atomic E-state index is 12.8. The number of amides is 2. The average Bonchev–Trinajstić information content (AvgIpc) is 2.92. The number of carbonyl (C=O) groups is 4. The lowest BCUT2D eigenvalue weighted by Crippen LogP contribution is -2.41. The molecule has 3 fully saturated rings. The number of hydrogen-bond donors (Lipinski definition) is 0. The number of imide groups is 1. The van der Waals surface area contributed by atoms with Gasteiger partial charge in [0.05, 0.1) is 24.0 Å². The summed E-state index contributed by atoms with van der Waals surface area (Å²) in [6.45, 7) is 0. The Morgan fingerprint density at radius 2 is 1.24 bits per heavy atom. The molecule has 7 nitrogen and oxygen atoms in total. The van der Waals surface area contributed by atoms with Gasteiger partial charge in [-0.2, -0.15) is 5.01 Å². The molecule has 2 unspecified atom stereocenters. The molecule has 4 aliphatic heterocycles. The Morgan fingerprint density at radius 1 is 0.760 bits per heavy atom. The number of nitrogens with zero attached hydrogens (tertiary/aromatic N) is 2. The Labute approximate surface area is 141 Å². The van der Waals surface area contributed by atoms with Crippen LogP contribution in [0.3, 0.4) is 0 Å². The fraction of sp³-hybridized carbons (Fsp3) is 0.333. The van der Waals surface area contributed by atoms with Crippen LogP contribution in [-0.2, 0) is 14.3 Å². The van der Waals surface area contributed by atoms with Gasteiger partial charge in [0, 0.05) is 11.1 Å². The second-order valence-electron chi connectivity index (χ2n) is 7.03. The van der Waals surface area contributed by atoms with Crippen molar-refractivity contribution in [1.29, 1.82) is 0 Å². The Balaban J connectivity index is 1.38. The van der Waals surface area contributed by atoms with Gasteiger partial charge in [0.2, 0.25) is 0 Å². The molecule has 2 bridgehead atoms. The van der Waals surface area contributed by atoms with Crippen LogP contribution in [0.1, 0.15) is 20.7 Å². The van der Waals surface area contributed by atoms with E-state index in [1.165, 1.54) is 5.01 Å². The second-order valence-corrected chi connectivity index (χ2v) is 7.03. The minimum Gasteiger partial charge on any atom is -0.365 e. The van der Waals surface area contributed by atoms with Gasteiger partial charge in [-0.1, -0.05) is 36.4 Å². The molecule has 2 amide bonds. The number of ether oxygens (including phenoxy) is 1. The molecule has 25 heavy (non-hydrogen) atoms. The molecule has 7 heteroatoms. The molecule has 6 atom stereocenters. The fourth-order valence-electron chi connectivity index (χ4n) is 4.74. The summed E-state index contributed by atoms with van der Waals surface area (Å²) in [6.07, 6.45) is 2.84. The quantitative estimate of drug-likeness (QED) is 0.407. The van der Waals surface area contributed by atoms with Crippen molar-refractivity contribution in [3.8, 4) is 0 Å². The number of hydrogen-bond acceptors (Lipinski definition) is 6. The van der Waals surface area contributed by atoms with Crippen molar-refractivity contribution in [3.63, 3.8) is 0 Å². The van der Waals surface area contributed by atoms with Gasteiger partial charge in [-0.05, 0) is 0 Å². The van der Waals surface area contributed by atoms with Crippen LogP contribution in [0, 0.1) is 11.8 Å². The average molecular weight is 336 g/mol. The minimum absolute atomic E-state index is 0.213. The van der Waals surface area contributed by atoms with Crippen molar-refractivity contribution in [1.82, 2.24) is 10.0 Å². The molecule has 0 saturated carbocycles. The molecule has 3 saturated heterocycles. The number of ketones is 2. The highest BCUT2D eigenvalue weighted by molar-refractivity contribution is 6.23. The first-order chi connectivity index (χ1) is 12.1. The van der Waals surface area contributed by atoms with E-state index in [1.807, 2.05) is 12.2 Å². The maximum atomic E-state index is 12.8. The maximum Gasteiger partial charge on any atom is 0.251 e. The third kappa shape index (κ3) is 1.41. The number of rotatable bonds is 1. The van der Waals surface area contributed by atoms with Crippen molar-refractivity contribution in [2.24, 2.45) is 11.8 Å². The monoisotopic (exact) mass is 336 g/mol. The lowest BCUT2D eigenvalue weighted by atomic mass is 9.85. The molecule has 124 valence electrons. The van der Waals surface area contributed by atoms with Gasteiger partial charge in [0.1, 0.15) is 12.1 Å². The molecule has 5 aliphatic rings. The molecule has 0 spiro atoms. The summed E-state index contributed by atoms with van der Waals surface area (Å²) in [6, 6.07) is 5.13. The topological polar surface area (TPSA) is 83.8 Å². The fourth-order valence-corrected chi connectivity index (χ4v) is 4.74. The first-order valence-corrected chi connectivity index (χ1v) is 8.27. The first kappa shape index (κ1) is 13.6. The van der Waals surface area contributed by atoms with Gasteiger partial charge in [-0.3, -0.25) is 19.2 Å². The Bertz CT molecular complexity index is 866. The summed E-state index contributed by atoms with van der Waals surface area (Å²) in [5.74, 6) is -2.25. The largest absolute Gasteiger partial charge is 0.365 e. The molecule has 1 aliphatic carbocycles. The predicted molar refractivity (Wildman–Crippen MR) is 81.2 cm³/mol. The van der Waals surface area contributed by atoms with E-state index in [1.54, 1.807) is 24.3 Å². The highest BCUT2D eigenvalue weighted by Gasteiger charge is 2.70. The first-order valence-electron chi connectivity index (χ1n) is 8.27. The molecule has 6 rings (SSSR count). The van der Waals surface area contributed by atoms with Crippen LogP contribution in [-0.4, -0.2) is 57.7 Å². The zero-order valence-corrected chi connectivity index (χ0v) is 12.9. The highest BCUT2D eigenvalue weighted by atomic mass is 16.5. The molecule has 1 aromatic carbocycles. The van der Waals surface area contributed by atoms with Crippen LogP contribution in [0.15, 0.2) is 36.4 Å². The lowest BCUT2D eigenvalue weighted by Gasteiger charge is -2.18. The zero-order valence-electron chi connectivity index (χ0n) is 12.9. The van der Waals surface area contributed by atoms with E-state index in [0.717, 1.165) is 5.01 Å². The van der Waals surface area contributed by atoms with Crippen LogP contribution in [0.5, 0.6) is 0 Å². The number of fused-ring (bicyclic) bond motifs is 7. The molecular weight excluding hydrogens is 324 g/mol. The van der Waals surface area contributed by atoms with Crippen LogP contribution in [0.25, 0.3) is 0 Å². The zero-order chi connectivity index (χ0) is 17.0. The van der Waals surface area contributed by atoms with Gasteiger partial charge in [-0.15, -0.1) is 0 Å². The minimum atomic E-state index is -0.749. The molecule has 0 N–H and O–H groups in total. The Hall–Kier alpha value is -2.64. The van der Waals surface area contributed by atoms with Gasteiger partial charge in [0.25, 0.3) is 11.8 Å². The lowest BCUT2D eigenvalue weighted by molar-refractivity contribution is -0.153. The summed E-state index contributed by atoms with van der Waals surface area (Å²) in [4.78, 5) is 51.0. The van der Waals surface area contributed by atoms with E-state index in [0.29, 0.717) is 11.1 Å². The van der Waals surface area contributed by atoms with E-state index >= 15 is 0 Å². The number of carbonyl (C=O) groups excluding carboxylic acids is 4. The van der Waals surface area contributed by atoms with Gasteiger partial charge in [-0.25, -0.2) is 5.01 Å². The Kier molecular flexibility index (Phi) is 2.25. The van der Waals surface area contributed by atoms with E-state index in [2.05, 4.69) is 0 Å². The summed E-state index contributed by atoms with van der Waals surface area (Å²) in [7, 11) is 0. The predicted octanol–water partition coefficient (Wildman–Crippen LogP) is -0.0282. The van der Waals surface area contributed by atoms with Gasteiger partial charge >= 0.3 is 0 Å². The van der Waals surface area contributed by atoms with Crippen LogP contribution in [0.2, 0.25) is 0 Å². The van der Waals surface area contributed by atoms with Crippen molar-refractivity contribution < 1.29 is 23.9 Å². The summed E-state index contributed by atoms with van der Waals surface area (Å²) in [5, 5.41) is 2.41. The number of hydrazine groups is 1. The highest BCUT2D eigenvalue weighted by Crippen LogP contribution is 2.49. The van der Waals surface area contributed by atoms with Gasteiger partial charge < -0.3 is 4.74 Å². The summed E-state index contributed by atoms with van der Waals surface area (Å²) >= 11 is 0. The molecular formula is C18H12N2O5. The Morgan fingerprint density at radius 3 is 1.72 bits per heavy atom.